The summed E-state index contributed by atoms with van der Waals surface area (Å²) in [6.45, 7) is 0. The van der Waals surface area contributed by atoms with E-state index in [-0.39, 0.29) is 0 Å². The molecule has 0 N–H and O–H groups in total. The molecule has 0 saturated carbocycles. The van der Waals surface area contributed by atoms with Crippen LogP contribution in [0.4, 0.5) is 0 Å². The smallest absolute Gasteiger partial charge is 0.160 e. The maximum absolute atomic E-state index is 6.27. The number of hydrogen-bond acceptors (Lipinski definition) is 3. The predicted molar refractivity (Wildman–Crippen MR) is 253 cm³/mol. The molecule has 0 aliphatic carbocycles. The molecule has 11 aromatic rings. The highest BCUT2D eigenvalue weighted by Gasteiger charge is 2.19. The molecule has 0 amide bonds. The van der Waals surface area contributed by atoms with E-state index >= 15 is 0 Å². The van der Waals surface area contributed by atoms with Crippen molar-refractivity contribution in [2.24, 2.45) is 0 Å². The van der Waals surface area contributed by atoms with Crippen LogP contribution in [0.5, 0.6) is 0 Å². The van der Waals surface area contributed by atoms with Gasteiger partial charge in [0.05, 0.1) is 11.4 Å². The Morgan fingerprint density at radius 1 is 0.262 bits per heavy atom. The molecule has 0 unspecified atom stereocenters. The third-order valence-corrected chi connectivity index (χ3v) is 11.5. The highest BCUT2D eigenvalue weighted by Crippen LogP contribution is 2.45. The number of benzene rings is 9. The van der Waals surface area contributed by atoms with Gasteiger partial charge in [0.25, 0.3) is 0 Å². The van der Waals surface area contributed by atoms with E-state index in [1.807, 2.05) is 48.5 Å². The van der Waals surface area contributed by atoms with Gasteiger partial charge in [-0.3, -0.25) is 0 Å². The normalized spacial score (nSPS) is 11.3. The highest BCUT2D eigenvalue weighted by atomic mass is 16.3. The van der Waals surface area contributed by atoms with Crippen molar-refractivity contribution in [2.45, 2.75) is 0 Å². The maximum atomic E-state index is 6.27. The maximum Gasteiger partial charge on any atom is 0.160 e. The summed E-state index contributed by atoms with van der Waals surface area (Å²) in [7, 11) is 0. The third kappa shape index (κ3) is 6.98. The van der Waals surface area contributed by atoms with Crippen LogP contribution in [0.15, 0.2) is 235 Å². The lowest BCUT2D eigenvalue weighted by Crippen LogP contribution is -1.95. The Labute approximate surface area is 354 Å². The monoisotopic (exact) mass is 778 g/mol. The van der Waals surface area contributed by atoms with E-state index in [1.165, 1.54) is 22.3 Å². The number of aromatic nitrogens is 2. The Bertz CT molecular complexity index is 3260. The fourth-order valence-electron chi connectivity index (χ4n) is 8.47. The van der Waals surface area contributed by atoms with Crippen LogP contribution >= 0.6 is 0 Å². The summed E-state index contributed by atoms with van der Waals surface area (Å²) in [5.74, 6) is 0.707. The van der Waals surface area contributed by atoms with E-state index in [1.54, 1.807) is 0 Å². The molecule has 0 spiro atoms. The molecule has 2 heterocycles. The van der Waals surface area contributed by atoms with E-state index < -0.39 is 0 Å². The first-order chi connectivity index (χ1) is 30.2. The number of fused-ring (bicyclic) bond motifs is 3. The zero-order chi connectivity index (χ0) is 40.5. The van der Waals surface area contributed by atoms with E-state index in [2.05, 4.69) is 182 Å². The molecule has 2 aromatic heterocycles. The molecule has 9 aromatic carbocycles. The van der Waals surface area contributed by atoms with Crippen LogP contribution in [-0.4, -0.2) is 9.97 Å². The van der Waals surface area contributed by atoms with Gasteiger partial charge in [-0.15, -0.1) is 0 Å². The first kappa shape index (κ1) is 36.0. The molecule has 0 bridgehead atoms. The summed E-state index contributed by atoms with van der Waals surface area (Å²) >= 11 is 0. The second-order valence-electron chi connectivity index (χ2n) is 15.3. The fraction of sp³-hybridized carbons (Fsp3) is 0. The largest absolute Gasteiger partial charge is 0.456 e. The van der Waals surface area contributed by atoms with Gasteiger partial charge < -0.3 is 4.42 Å². The zero-order valence-corrected chi connectivity index (χ0v) is 33.2. The molecule has 0 fully saturated rings. The van der Waals surface area contributed by atoms with Crippen molar-refractivity contribution in [3.05, 3.63) is 231 Å². The topological polar surface area (TPSA) is 38.9 Å². The molecule has 61 heavy (non-hydrogen) atoms. The molecule has 0 radical (unpaired) electrons. The predicted octanol–water partition coefficient (Wildman–Crippen LogP) is 15.7. The average Bonchev–Trinajstić information content (AvgIpc) is 3.73. The van der Waals surface area contributed by atoms with Crippen molar-refractivity contribution in [1.29, 1.82) is 0 Å². The van der Waals surface area contributed by atoms with Crippen LogP contribution in [0, 0.1) is 0 Å². The minimum absolute atomic E-state index is 0.707. The minimum Gasteiger partial charge on any atom is -0.456 e. The van der Waals surface area contributed by atoms with Crippen molar-refractivity contribution in [1.82, 2.24) is 9.97 Å². The standard InChI is InChI=1S/C58H38N2O/c1-5-16-39(17-6-1)48-36-50(57(43-20-9-3-10-21-43)51(37-48)47-32-33-56-52(35-47)49-26-13-14-27-55(49)61-56)46-25-15-24-45(34-46)40-28-30-42(31-29-40)54-38-53(41-18-7-2-8-19-41)59-58(60-54)44-22-11-4-12-23-44/h1-38H. The van der Waals surface area contributed by atoms with Gasteiger partial charge in [-0.25, -0.2) is 9.97 Å². The summed E-state index contributed by atoms with van der Waals surface area (Å²) in [4.78, 5) is 10.1. The lowest BCUT2D eigenvalue weighted by Gasteiger charge is -2.20. The Kier molecular flexibility index (Phi) is 9.18. The van der Waals surface area contributed by atoms with Gasteiger partial charge in [0, 0.05) is 27.5 Å². The Hall–Kier alpha value is -8.14. The Morgan fingerprint density at radius 3 is 1.39 bits per heavy atom. The van der Waals surface area contributed by atoms with Crippen molar-refractivity contribution in [2.75, 3.05) is 0 Å². The van der Waals surface area contributed by atoms with Crippen LogP contribution in [0.1, 0.15) is 0 Å². The van der Waals surface area contributed by atoms with Crippen molar-refractivity contribution >= 4 is 21.9 Å². The lowest BCUT2D eigenvalue weighted by atomic mass is 9.84. The van der Waals surface area contributed by atoms with E-state index in [4.69, 9.17) is 14.4 Å². The third-order valence-electron chi connectivity index (χ3n) is 11.5. The molecule has 0 aliphatic rings. The van der Waals surface area contributed by atoms with E-state index in [0.29, 0.717) is 5.82 Å². The van der Waals surface area contributed by atoms with Crippen molar-refractivity contribution < 1.29 is 4.42 Å². The van der Waals surface area contributed by atoms with Crippen LogP contribution < -0.4 is 0 Å². The SMILES string of the molecule is c1ccc(-c2cc(-c3cccc(-c4ccc(-c5cc(-c6ccccc6)nc(-c6ccccc6)n5)cc4)c3)c(-c3ccccc3)c(-c3ccc4oc5ccccc5c4c3)c2)cc1. The summed E-state index contributed by atoms with van der Waals surface area (Å²) < 4.78 is 6.27. The number of hydrogen-bond donors (Lipinski definition) is 0. The molecule has 11 rings (SSSR count). The number of furan rings is 1. The van der Waals surface area contributed by atoms with Crippen molar-refractivity contribution in [3.8, 4) is 89.5 Å². The van der Waals surface area contributed by atoms with Crippen LogP contribution in [0.3, 0.4) is 0 Å². The quantitative estimate of drug-likeness (QED) is 0.154. The van der Waals surface area contributed by atoms with Crippen LogP contribution in [0.25, 0.3) is 111 Å². The number of nitrogens with zero attached hydrogens (tertiary/aromatic N) is 2. The Balaban J connectivity index is 1.04. The van der Waals surface area contributed by atoms with Gasteiger partial charge in [-0.2, -0.15) is 0 Å². The molecule has 286 valence electrons. The first-order valence-electron chi connectivity index (χ1n) is 20.6. The lowest BCUT2D eigenvalue weighted by molar-refractivity contribution is 0.669. The molecule has 0 saturated heterocycles. The van der Waals surface area contributed by atoms with Gasteiger partial charge in [0.2, 0.25) is 0 Å². The summed E-state index contributed by atoms with van der Waals surface area (Å²) in [5.41, 5.74) is 18.2. The second kappa shape index (κ2) is 15.6. The highest BCUT2D eigenvalue weighted by molar-refractivity contribution is 6.08. The van der Waals surface area contributed by atoms with Crippen LogP contribution in [-0.2, 0) is 0 Å². The van der Waals surface area contributed by atoms with Crippen molar-refractivity contribution in [3.63, 3.8) is 0 Å². The van der Waals surface area contributed by atoms with Crippen LogP contribution in [0.2, 0.25) is 0 Å². The van der Waals surface area contributed by atoms with Gasteiger partial charge in [0.1, 0.15) is 11.2 Å². The molecule has 0 atom stereocenters. The van der Waals surface area contributed by atoms with E-state index in [9.17, 15) is 0 Å². The zero-order valence-electron chi connectivity index (χ0n) is 33.2. The van der Waals surface area contributed by atoms with Gasteiger partial charge in [-0.1, -0.05) is 188 Å². The molecular weight excluding hydrogens is 741 g/mol. The summed E-state index contributed by atoms with van der Waals surface area (Å²) in [6.07, 6.45) is 0. The molecule has 0 aliphatic heterocycles. The Morgan fingerprint density at radius 2 is 0.721 bits per heavy atom. The minimum atomic E-state index is 0.707. The average molecular weight is 779 g/mol. The fourth-order valence-corrected chi connectivity index (χ4v) is 8.47. The summed E-state index contributed by atoms with van der Waals surface area (Å²) in [6, 6.07) is 81.4. The molecular formula is C58H38N2O. The molecule has 3 nitrogen and oxygen atoms in total. The molecule has 3 heteroatoms. The second-order valence-corrected chi connectivity index (χ2v) is 15.3. The van der Waals surface area contributed by atoms with Gasteiger partial charge >= 0.3 is 0 Å². The summed E-state index contributed by atoms with van der Waals surface area (Å²) in [5, 5.41) is 2.23. The van der Waals surface area contributed by atoms with Gasteiger partial charge in [0.15, 0.2) is 5.82 Å². The first-order valence-corrected chi connectivity index (χ1v) is 20.6. The number of rotatable bonds is 8. The number of para-hydroxylation sites is 1. The van der Waals surface area contributed by atoms with E-state index in [0.717, 1.165) is 83.4 Å². The van der Waals surface area contributed by atoms with Gasteiger partial charge in [-0.05, 0) is 98.1 Å².